The number of carbonyl (C=O) groups is 2. The van der Waals surface area contributed by atoms with E-state index in [1.54, 1.807) is 19.0 Å². The lowest BCUT2D eigenvalue weighted by molar-refractivity contribution is -0.136. The number of halogens is 2. The molecule has 1 saturated carbocycles. The highest BCUT2D eigenvalue weighted by Crippen LogP contribution is 2.28. The number of aromatic nitrogens is 3. The lowest BCUT2D eigenvalue weighted by Crippen LogP contribution is -2.57. The van der Waals surface area contributed by atoms with Crippen LogP contribution in [0.4, 0.5) is 8.78 Å². The second kappa shape index (κ2) is 9.94. The molecule has 1 saturated heterocycles. The molecule has 10 heteroatoms. The van der Waals surface area contributed by atoms with E-state index in [2.05, 4.69) is 20.5 Å². The maximum absolute atomic E-state index is 14.0. The van der Waals surface area contributed by atoms with E-state index < -0.39 is 17.5 Å². The van der Waals surface area contributed by atoms with Crippen LogP contribution in [0.1, 0.15) is 49.0 Å². The van der Waals surface area contributed by atoms with Crippen LogP contribution in [-0.4, -0.2) is 75.9 Å². The van der Waals surface area contributed by atoms with Crippen molar-refractivity contribution < 1.29 is 18.4 Å². The van der Waals surface area contributed by atoms with E-state index in [9.17, 15) is 18.4 Å². The summed E-state index contributed by atoms with van der Waals surface area (Å²) in [6.07, 6.45) is 7.98. The molecule has 1 aliphatic carbocycles. The van der Waals surface area contributed by atoms with E-state index in [1.807, 2.05) is 0 Å². The lowest BCUT2D eigenvalue weighted by Gasteiger charge is -2.43. The second-order valence-electron chi connectivity index (χ2n) is 9.14. The molecule has 2 unspecified atom stereocenters. The van der Waals surface area contributed by atoms with Gasteiger partial charge in [-0.25, -0.2) is 13.5 Å². The smallest absolute Gasteiger partial charge is 0.273 e. The molecule has 0 radical (unpaired) electrons. The molecule has 0 bridgehead atoms. The highest BCUT2D eigenvalue weighted by Gasteiger charge is 2.38. The van der Waals surface area contributed by atoms with Crippen molar-refractivity contribution in [1.29, 1.82) is 0 Å². The van der Waals surface area contributed by atoms with Crippen LogP contribution in [0.25, 0.3) is 5.69 Å². The maximum atomic E-state index is 14.0. The summed E-state index contributed by atoms with van der Waals surface area (Å²) < 4.78 is 28.3. The van der Waals surface area contributed by atoms with Crippen LogP contribution in [-0.2, 0) is 4.79 Å². The molecule has 2 amide bonds. The molecule has 1 aromatic carbocycles. The summed E-state index contributed by atoms with van der Waals surface area (Å²) >= 11 is 0. The number of nitrogens with one attached hydrogen (secondary N) is 1. The molecule has 33 heavy (non-hydrogen) atoms. The Labute approximate surface area is 191 Å². The fourth-order valence-corrected chi connectivity index (χ4v) is 4.90. The van der Waals surface area contributed by atoms with Crippen molar-refractivity contribution in [2.24, 2.45) is 5.92 Å². The van der Waals surface area contributed by atoms with Crippen molar-refractivity contribution in [3.8, 4) is 5.69 Å². The lowest BCUT2D eigenvalue weighted by atomic mass is 9.86. The molecule has 4 rings (SSSR count). The molecular weight excluding hydrogens is 430 g/mol. The van der Waals surface area contributed by atoms with Gasteiger partial charge in [0.1, 0.15) is 11.5 Å². The van der Waals surface area contributed by atoms with E-state index in [0.29, 0.717) is 19.0 Å². The molecule has 1 aromatic heterocycles. The van der Waals surface area contributed by atoms with Gasteiger partial charge < -0.3 is 10.2 Å². The molecular formula is C23H30F2N6O2. The monoisotopic (exact) mass is 460 g/mol. The van der Waals surface area contributed by atoms with Crippen LogP contribution in [0.5, 0.6) is 0 Å². The van der Waals surface area contributed by atoms with Crippen LogP contribution in [0.3, 0.4) is 0 Å². The van der Waals surface area contributed by atoms with Crippen molar-refractivity contribution in [2.45, 2.75) is 50.6 Å². The van der Waals surface area contributed by atoms with Gasteiger partial charge in [0.25, 0.3) is 5.91 Å². The van der Waals surface area contributed by atoms with Gasteiger partial charge in [0, 0.05) is 45.3 Å². The molecule has 2 aliphatic rings. The summed E-state index contributed by atoms with van der Waals surface area (Å²) in [6, 6.07) is 3.25. The van der Waals surface area contributed by atoms with Crippen LogP contribution in [0.2, 0.25) is 0 Å². The van der Waals surface area contributed by atoms with Gasteiger partial charge in [-0.15, -0.1) is 5.10 Å². The van der Waals surface area contributed by atoms with E-state index in [4.69, 9.17) is 0 Å². The Hall–Kier alpha value is -2.88. The number of nitrogens with zero attached hydrogens (tertiary/aromatic N) is 5. The Kier molecular flexibility index (Phi) is 7.02. The van der Waals surface area contributed by atoms with E-state index >= 15 is 0 Å². The minimum absolute atomic E-state index is 0.00415. The normalized spacial score (nSPS) is 22.2. The summed E-state index contributed by atoms with van der Waals surface area (Å²) in [5.74, 6) is -2.36. The Morgan fingerprint density at radius 3 is 2.58 bits per heavy atom. The van der Waals surface area contributed by atoms with Crippen molar-refractivity contribution in [3.05, 3.63) is 41.7 Å². The average molecular weight is 461 g/mol. The Bertz CT molecular complexity index is 1000. The number of hydrogen-bond donors (Lipinski definition) is 1. The first-order valence-electron chi connectivity index (χ1n) is 11.5. The molecule has 1 N–H and O–H groups in total. The first-order valence-corrected chi connectivity index (χ1v) is 11.5. The Morgan fingerprint density at radius 1 is 1.12 bits per heavy atom. The topological polar surface area (TPSA) is 83.4 Å². The second-order valence-corrected chi connectivity index (χ2v) is 9.14. The van der Waals surface area contributed by atoms with Crippen LogP contribution < -0.4 is 5.32 Å². The van der Waals surface area contributed by atoms with Gasteiger partial charge in [0.2, 0.25) is 5.91 Å². The third kappa shape index (κ3) is 5.21. The molecule has 8 nitrogen and oxygen atoms in total. The minimum Gasteiger partial charge on any atom is -0.348 e. The molecule has 1 aliphatic heterocycles. The molecule has 2 atom stereocenters. The standard InChI is InChI=1S/C23H30F2N6O2/c1-29(2)23(33)17-13-30(16-6-4-3-5-7-16)11-10-19(17)26-22(32)20-14-31(28-27-20)21-9-8-15(24)12-18(21)25/h8-9,12,14,16-17,19H,3-7,10-11,13H2,1-2H3,(H,26,32). The third-order valence-electron chi connectivity index (χ3n) is 6.69. The first-order chi connectivity index (χ1) is 15.8. The predicted octanol–water partition coefficient (Wildman–Crippen LogP) is 2.39. The largest absolute Gasteiger partial charge is 0.348 e. The number of likely N-dealkylation sites (tertiary alicyclic amines) is 1. The summed E-state index contributed by atoms with van der Waals surface area (Å²) in [7, 11) is 3.45. The predicted molar refractivity (Wildman–Crippen MR) is 118 cm³/mol. The summed E-state index contributed by atoms with van der Waals surface area (Å²) in [5, 5.41) is 10.6. The number of amides is 2. The molecule has 178 valence electrons. The molecule has 2 aromatic rings. The SMILES string of the molecule is CN(C)C(=O)C1CN(C2CCCCC2)CCC1NC(=O)c1cn(-c2ccc(F)cc2F)nn1. The zero-order chi connectivity index (χ0) is 23.5. The summed E-state index contributed by atoms with van der Waals surface area (Å²) in [6.45, 7) is 1.43. The van der Waals surface area contributed by atoms with Crippen LogP contribution in [0, 0.1) is 17.6 Å². The van der Waals surface area contributed by atoms with E-state index in [1.165, 1.54) is 31.5 Å². The molecule has 2 fully saturated rings. The summed E-state index contributed by atoms with van der Waals surface area (Å²) in [5.41, 5.74) is -0.00566. The Morgan fingerprint density at radius 2 is 1.88 bits per heavy atom. The first kappa shape index (κ1) is 23.3. The number of carbonyl (C=O) groups excluding carboxylic acids is 2. The fourth-order valence-electron chi connectivity index (χ4n) is 4.90. The van der Waals surface area contributed by atoms with Gasteiger partial charge >= 0.3 is 0 Å². The van der Waals surface area contributed by atoms with E-state index in [0.717, 1.165) is 36.2 Å². The molecule has 0 spiro atoms. The van der Waals surface area contributed by atoms with Gasteiger partial charge in [-0.05, 0) is 31.4 Å². The number of benzene rings is 1. The number of hydrogen-bond acceptors (Lipinski definition) is 5. The van der Waals surface area contributed by atoms with Gasteiger partial charge in [0.05, 0.1) is 12.1 Å². The van der Waals surface area contributed by atoms with Crippen molar-refractivity contribution in [1.82, 2.24) is 30.1 Å². The summed E-state index contributed by atoms with van der Waals surface area (Å²) in [4.78, 5) is 29.8. The van der Waals surface area contributed by atoms with Crippen molar-refractivity contribution >= 4 is 11.8 Å². The highest BCUT2D eigenvalue weighted by atomic mass is 19.1. The highest BCUT2D eigenvalue weighted by molar-refractivity contribution is 5.92. The number of rotatable bonds is 5. The Balaban J connectivity index is 1.47. The van der Waals surface area contributed by atoms with Gasteiger partial charge in [0.15, 0.2) is 11.5 Å². The van der Waals surface area contributed by atoms with Crippen molar-refractivity contribution in [2.75, 3.05) is 27.2 Å². The van der Waals surface area contributed by atoms with Crippen LogP contribution >= 0.6 is 0 Å². The third-order valence-corrected chi connectivity index (χ3v) is 6.69. The minimum atomic E-state index is -0.807. The van der Waals surface area contributed by atoms with Gasteiger partial charge in [-0.3, -0.25) is 14.5 Å². The maximum Gasteiger partial charge on any atom is 0.273 e. The number of piperidine rings is 1. The van der Waals surface area contributed by atoms with Gasteiger partial charge in [-0.1, -0.05) is 24.5 Å². The average Bonchev–Trinajstić information content (AvgIpc) is 3.29. The zero-order valence-electron chi connectivity index (χ0n) is 19.0. The quantitative estimate of drug-likeness (QED) is 0.741. The molecule has 2 heterocycles. The fraction of sp³-hybridized carbons (Fsp3) is 0.565. The zero-order valence-corrected chi connectivity index (χ0v) is 19.0. The van der Waals surface area contributed by atoms with Crippen molar-refractivity contribution in [3.63, 3.8) is 0 Å². The van der Waals surface area contributed by atoms with Gasteiger partial charge in [-0.2, -0.15) is 0 Å². The van der Waals surface area contributed by atoms with Crippen LogP contribution in [0.15, 0.2) is 24.4 Å². The van der Waals surface area contributed by atoms with E-state index in [-0.39, 0.29) is 29.2 Å².